The SMILES string of the molecule is CCOC(=O)c1ccc(CC23CC4CC(CC(C4)C2)C3)c(N)c1.CCOC(=O)c1ccc(CC23CC4CC(CC(C4)C2)C3)c([N+](=O)[O-])c1.CCOC(=O)c1cnc(CC2CCCCC2)c(NCc2ccccc2)c1.CCOC(=O)c1cnc(CC2CCCCC2)c(NCc2ccncc2)c1.CCOC(=O)c1cnc(CC2CCCCC2)c(NCc2ccncn2)c1. The number of nitrogens with zero attached hydrogens (tertiary/aromatic N) is 7. The number of esters is 5. The second kappa shape index (κ2) is 46.1. The number of nitrogen functional groups attached to an aromatic ring is 1. The minimum Gasteiger partial charge on any atom is -0.462 e. The number of hydrogen-bond donors (Lipinski definition) is 4. The molecule has 8 bridgehead atoms. The van der Waals surface area contributed by atoms with Gasteiger partial charge in [-0.2, -0.15) is 0 Å². The molecule has 11 fully saturated rings. The highest BCUT2D eigenvalue weighted by Crippen LogP contribution is 2.63. The number of carbonyl (C=O) groups excluding carboxylic acids is 5. The molecule has 8 aromatic rings. The largest absolute Gasteiger partial charge is 0.462 e. The molecule has 19 rings (SSSR count). The number of nitro benzene ring substituents is 1. The molecule has 3 aromatic carbocycles. The number of anilines is 4. The van der Waals surface area contributed by atoms with E-state index in [0.29, 0.717) is 91.5 Å². The predicted octanol–water partition coefficient (Wildman–Crippen LogP) is 21.9. The molecule has 5 aromatic heterocycles. The lowest BCUT2D eigenvalue weighted by Gasteiger charge is -2.57. The van der Waals surface area contributed by atoms with Crippen LogP contribution >= 0.6 is 0 Å². The Bertz CT molecular complexity index is 4510. The highest BCUT2D eigenvalue weighted by molar-refractivity contribution is 5.93. The molecule has 23 heteroatoms. The van der Waals surface area contributed by atoms with Gasteiger partial charge in [-0.05, 0) is 279 Å². The van der Waals surface area contributed by atoms with Crippen LogP contribution in [0.25, 0.3) is 0 Å². The summed E-state index contributed by atoms with van der Waals surface area (Å²) in [6.45, 7) is 12.7. The van der Waals surface area contributed by atoms with Gasteiger partial charge in [-0.25, -0.2) is 33.9 Å². The summed E-state index contributed by atoms with van der Waals surface area (Å²) in [4.78, 5) is 97.3. The molecule has 0 saturated heterocycles. The molecular formula is C103H133N11O12. The second-order valence-corrected chi connectivity index (χ2v) is 37.2. The molecule has 11 aliphatic rings. The summed E-state index contributed by atoms with van der Waals surface area (Å²) in [5.41, 5.74) is 21.3. The second-order valence-electron chi connectivity index (χ2n) is 37.2. The van der Waals surface area contributed by atoms with Crippen molar-refractivity contribution in [2.75, 3.05) is 54.7 Å². The van der Waals surface area contributed by atoms with Crippen LogP contribution in [-0.2, 0) is 75.4 Å². The zero-order chi connectivity index (χ0) is 88.2. The maximum Gasteiger partial charge on any atom is 0.339 e. The Morgan fingerprint density at radius 1 is 0.405 bits per heavy atom. The van der Waals surface area contributed by atoms with Gasteiger partial charge in [0.1, 0.15) is 6.33 Å². The topological polar surface area (TPSA) is 314 Å². The van der Waals surface area contributed by atoms with Crippen molar-refractivity contribution >= 4 is 58.3 Å². The summed E-state index contributed by atoms with van der Waals surface area (Å²) < 4.78 is 25.4. The summed E-state index contributed by atoms with van der Waals surface area (Å²) >= 11 is 0. The quantitative estimate of drug-likeness (QED) is 0.0107. The average molecular weight is 1720 g/mol. The van der Waals surface area contributed by atoms with Gasteiger partial charge in [-0.1, -0.05) is 139 Å². The summed E-state index contributed by atoms with van der Waals surface area (Å²) in [7, 11) is 0. The van der Waals surface area contributed by atoms with Gasteiger partial charge in [-0.3, -0.25) is 30.1 Å². The molecule has 5 heterocycles. The van der Waals surface area contributed by atoms with E-state index in [1.165, 1.54) is 197 Å². The maximum atomic E-state index is 12.1. The van der Waals surface area contributed by atoms with Crippen LogP contribution in [0, 0.1) is 74.2 Å². The summed E-state index contributed by atoms with van der Waals surface area (Å²) in [5, 5.41) is 21.9. The smallest absolute Gasteiger partial charge is 0.339 e. The highest BCUT2D eigenvalue weighted by atomic mass is 16.6. The van der Waals surface area contributed by atoms with E-state index in [0.717, 1.165) is 124 Å². The fourth-order valence-corrected chi connectivity index (χ4v) is 22.6. The lowest BCUT2D eigenvalue weighted by atomic mass is 9.48. The van der Waals surface area contributed by atoms with Gasteiger partial charge in [0.25, 0.3) is 5.69 Å². The molecule has 11 saturated carbocycles. The Kier molecular flexibility index (Phi) is 34.0. The Hall–Kier alpha value is -10.7. The minimum atomic E-state index is -0.494. The highest BCUT2D eigenvalue weighted by Gasteiger charge is 2.52. The lowest BCUT2D eigenvalue weighted by Crippen LogP contribution is -2.47. The Morgan fingerprint density at radius 2 is 0.754 bits per heavy atom. The third-order valence-electron chi connectivity index (χ3n) is 27.6. The molecule has 0 unspecified atom stereocenters. The van der Waals surface area contributed by atoms with Crippen molar-refractivity contribution in [1.29, 1.82) is 0 Å². The standard InChI is InChI=1S/C22H28N2O2.C21H27N3O2.C20H26N4O2.C20H25NO4.C20H27NO2/c1-2-26-22(25)19-14-21(23-15-18-11-7-4-8-12-18)20(24-16-19)13-17-9-5-3-6-10-17;1-2-26-21(25)18-13-20(23-14-17-8-10-22-11-9-17)19(24-15-18)12-16-6-4-3-5-7-16;1-2-26-20(25)16-11-19(23-13-17-8-9-21-14-24-17)18(22-12-16)10-15-6-4-3-5-7-15;1-2-25-19(22)16-3-4-17(18(8-16)21(23)24)12-20-9-13-5-14(10-20)7-15(6-13)11-20;1-2-23-19(22)16-3-4-17(18(21)8-16)12-20-9-13-5-14(10-20)7-15(6-13)11-20/h4,7-8,11-12,14,16-17,23H,2-3,5-6,9-10,13,15H2,1H3;8-11,13,15-16,23H,2-7,12,14H2,1H3;8-9,11-12,14-15,23H,2-7,10,13H2,1H3;3-4,8,13-15H,2,5-7,9-12H2,1H3;3-4,8,13-15H,2,5-7,9-12,21H2,1H3. The number of aromatic nitrogens is 6. The zero-order valence-corrected chi connectivity index (χ0v) is 74.9. The van der Waals surface area contributed by atoms with Crippen LogP contribution in [0.15, 0.2) is 147 Å². The number of rotatable bonds is 30. The molecule has 672 valence electrons. The average Bonchev–Trinajstić information content (AvgIpc) is 0.744. The van der Waals surface area contributed by atoms with Crippen molar-refractivity contribution in [3.63, 3.8) is 0 Å². The van der Waals surface area contributed by atoms with Crippen LogP contribution < -0.4 is 21.7 Å². The Morgan fingerprint density at radius 3 is 1.12 bits per heavy atom. The fraction of sp³-hybridized carbons (Fsp3) is 0.544. The molecule has 5 N–H and O–H groups in total. The van der Waals surface area contributed by atoms with Crippen LogP contribution in [0.1, 0.15) is 305 Å². The van der Waals surface area contributed by atoms with Crippen LogP contribution in [-0.4, -0.2) is 97.7 Å². The van der Waals surface area contributed by atoms with Crippen molar-refractivity contribution < 1.29 is 52.6 Å². The van der Waals surface area contributed by atoms with Crippen LogP contribution in [0.3, 0.4) is 0 Å². The van der Waals surface area contributed by atoms with Crippen molar-refractivity contribution in [2.24, 2.45) is 64.1 Å². The van der Waals surface area contributed by atoms with Crippen LogP contribution in [0.5, 0.6) is 0 Å². The minimum absolute atomic E-state index is 0.0706. The monoisotopic (exact) mass is 1720 g/mol. The summed E-state index contributed by atoms with van der Waals surface area (Å²) in [6.07, 6.45) is 52.3. The van der Waals surface area contributed by atoms with E-state index in [2.05, 4.69) is 64.1 Å². The third-order valence-corrected chi connectivity index (χ3v) is 27.6. The molecule has 0 aliphatic heterocycles. The number of ether oxygens (including phenoxy) is 5. The van der Waals surface area contributed by atoms with E-state index in [1.54, 1.807) is 69.2 Å². The van der Waals surface area contributed by atoms with Crippen LogP contribution in [0.2, 0.25) is 0 Å². The number of pyridine rings is 4. The predicted molar refractivity (Wildman–Crippen MR) is 491 cm³/mol. The summed E-state index contributed by atoms with van der Waals surface area (Å²) in [6, 6.07) is 32.3. The van der Waals surface area contributed by atoms with E-state index in [4.69, 9.17) is 29.4 Å². The molecule has 0 atom stereocenters. The Labute approximate surface area is 744 Å². The molecule has 0 amide bonds. The zero-order valence-electron chi connectivity index (χ0n) is 74.9. The number of carbonyl (C=O) groups is 5. The Balaban J connectivity index is 0.000000135. The van der Waals surface area contributed by atoms with Gasteiger partial charge in [0.15, 0.2) is 0 Å². The van der Waals surface area contributed by atoms with Gasteiger partial charge < -0.3 is 45.4 Å². The van der Waals surface area contributed by atoms with Crippen molar-refractivity contribution in [3.05, 3.63) is 230 Å². The fourth-order valence-electron chi connectivity index (χ4n) is 22.6. The first-order valence-corrected chi connectivity index (χ1v) is 47.2. The van der Waals surface area contributed by atoms with Gasteiger partial charge in [0.2, 0.25) is 0 Å². The van der Waals surface area contributed by atoms with E-state index >= 15 is 0 Å². The van der Waals surface area contributed by atoms with Crippen molar-refractivity contribution in [3.8, 4) is 0 Å². The van der Waals surface area contributed by atoms with Gasteiger partial charge in [0, 0.05) is 67.6 Å². The normalized spacial score (nSPS) is 21.9. The number of nitro groups is 1. The molecule has 0 radical (unpaired) electrons. The first kappa shape index (κ1) is 92.9. The number of nitrogens with one attached hydrogen (secondary N) is 3. The van der Waals surface area contributed by atoms with Gasteiger partial charge in [-0.15, -0.1) is 0 Å². The molecule has 23 nitrogen and oxygen atoms in total. The molecular weight excluding hydrogens is 1580 g/mol. The van der Waals surface area contributed by atoms with Crippen molar-refractivity contribution in [1.82, 2.24) is 29.9 Å². The first-order valence-electron chi connectivity index (χ1n) is 47.2. The van der Waals surface area contributed by atoms with Gasteiger partial charge in [0.05, 0.1) is 112 Å². The first-order chi connectivity index (χ1) is 61.3. The number of nitrogens with two attached hydrogens (primary N) is 1. The van der Waals surface area contributed by atoms with Gasteiger partial charge >= 0.3 is 29.8 Å². The lowest BCUT2D eigenvalue weighted by molar-refractivity contribution is -0.385. The molecule has 11 aliphatic carbocycles. The maximum absolute atomic E-state index is 12.1. The number of benzene rings is 3. The molecule has 0 spiro atoms. The number of hydrogen-bond acceptors (Lipinski definition) is 22. The molecule has 126 heavy (non-hydrogen) atoms. The third kappa shape index (κ3) is 26.5. The van der Waals surface area contributed by atoms with E-state index in [1.807, 2.05) is 81.4 Å². The van der Waals surface area contributed by atoms with Crippen LogP contribution in [0.4, 0.5) is 28.4 Å². The summed E-state index contributed by atoms with van der Waals surface area (Å²) in [5.74, 6) is 5.66. The van der Waals surface area contributed by atoms with E-state index < -0.39 is 5.97 Å². The van der Waals surface area contributed by atoms with E-state index in [-0.39, 0.29) is 52.1 Å². The van der Waals surface area contributed by atoms with Crippen molar-refractivity contribution in [2.45, 2.75) is 260 Å². The van der Waals surface area contributed by atoms with E-state index in [9.17, 15) is 34.1 Å².